The molecule has 2 rings (SSSR count). The van der Waals surface area contributed by atoms with Gasteiger partial charge in [-0.1, -0.05) is 12.1 Å². The van der Waals surface area contributed by atoms with Crippen molar-refractivity contribution in [2.45, 2.75) is 30.7 Å². The summed E-state index contributed by atoms with van der Waals surface area (Å²) in [5.41, 5.74) is 7.10. The van der Waals surface area contributed by atoms with Gasteiger partial charge in [-0.2, -0.15) is 5.26 Å². The Bertz CT molecular complexity index is 405. The first-order chi connectivity index (χ1) is 7.78. The van der Waals surface area contributed by atoms with Gasteiger partial charge in [0.2, 0.25) is 0 Å². The summed E-state index contributed by atoms with van der Waals surface area (Å²) in [5.74, 6) is 1.06. The van der Waals surface area contributed by atoms with E-state index in [0.717, 1.165) is 5.75 Å². The van der Waals surface area contributed by atoms with Crippen LogP contribution in [0.5, 0.6) is 0 Å². The van der Waals surface area contributed by atoms with Gasteiger partial charge in [-0.05, 0) is 36.0 Å². The van der Waals surface area contributed by atoms with Crippen LogP contribution in [0.15, 0.2) is 29.2 Å². The van der Waals surface area contributed by atoms with Crippen molar-refractivity contribution in [2.75, 3.05) is 5.75 Å². The van der Waals surface area contributed by atoms with E-state index < -0.39 is 0 Å². The van der Waals surface area contributed by atoms with Gasteiger partial charge >= 0.3 is 0 Å². The topological polar surface area (TPSA) is 49.8 Å². The van der Waals surface area contributed by atoms with Gasteiger partial charge in [0, 0.05) is 23.6 Å². The smallest absolute Gasteiger partial charge is 0.0627 e. The fourth-order valence-corrected chi connectivity index (χ4v) is 2.99. The third-order valence-corrected chi connectivity index (χ3v) is 4.43. The van der Waals surface area contributed by atoms with Crippen LogP contribution in [-0.4, -0.2) is 5.75 Å². The molecule has 1 aliphatic carbocycles. The second kappa shape index (κ2) is 4.90. The highest BCUT2D eigenvalue weighted by Crippen LogP contribution is 2.51. The molecule has 0 saturated heterocycles. The van der Waals surface area contributed by atoms with Gasteiger partial charge in [-0.25, -0.2) is 0 Å². The van der Waals surface area contributed by atoms with Crippen LogP contribution in [0.1, 0.15) is 24.8 Å². The minimum atomic E-state index is 0.318. The molecular weight excluding hydrogens is 216 g/mol. The molecule has 16 heavy (non-hydrogen) atoms. The third-order valence-electron chi connectivity index (χ3n) is 3.09. The highest BCUT2D eigenvalue weighted by Gasteiger charge is 2.42. The first-order valence-corrected chi connectivity index (χ1v) is 6.55. The molecule has 0 unspecified atom stereocenters. The van der Waals surface area contributed by atoms with Crippen LogP contribution in [0.3, 0.4) is 0 Å². The Morgan fingerprint density at radius 1 is 1.44 bits per heavy atom. The van der Waals surface area contributed by atoms with Crippen molar-refractivity contribution in [1.29, 1.82) is 5.26 Å². The van der Waals surface area contributed by atoms with Gasteiger partial charge < -0.3 is 5.73 Å². The predicted molar refractivity (Wildman–Crippen MR) is 67.0 cm³/mol. The van der Waals surface area contributed by atoms with Crippen molar-refractivity contribution < 1.29 is 0 Å². The molecule has 84 valence electrons. The van der Waals surface area contributed by atoms with Crippen LogP contribution < -0.4 is 5.73 Å². The first kappa shape index (κ1) is 11.5. The predicted octanol–water partition coefficient (Wildman–Crippen LogP) is 2.93. The van der Waals surface area contributed by atoms with Crippen LogP contribution in [0.2, 0.25) is 0 Å². The molecule has 0 amide bonds. The van der Waals surface area contributed by atoms with Gasteiger partial charge in [-0.15, -0.1) is 11.8 Å². The van der Waals surface area contributed by atoms with E-state index >= 15 is 0 Å². The van der Waals surface area contributed by atoms with Crippen LogP contribution >= 0.6 is 11.8 Å². The molecule has 1 aromatic rings. The summed E-state index contributed by atoms with van der Waals surface area (Å²) < 4.78 is 0. The zero-order chi connectivity index (χ0) is 11.4. The van der Waals surface area contributed by atoms with E-state index in [4.69, 9.17) is 11.0 Å². The van der Waals surface area contributed by atoms with Crippen LogP contribution in [-0.2, 0) is 6.54 Å². The van der Waals surface area contributed by atoms with E-state index in [2.05, 4.69) is 18.2 Å². The summed E-state index contributed by atoms with van der Waals surface area (Å²) in [6.07, 6.45) is 3.13. The van der Waals surface area contributed by atoms with Crippen LogP contribution in [0.4, 0.5) is 0 Å². The Balaban J connectivity index is 1.92. The number of benzene rings is 1. The highest BCUT2D eigenvalue weighted by molar-refractivity contribution is 7.99. The van der Waals surface area contributed by atoms with Crippen LogP contribution in [0.25, 0.3) is 0 Å². The van der Waals surface area contributed by atoms with Gasteiger partial charge in [0.25, 0.3) is 0 Å². The summed E-state index contributed by atoms with van der Waals surface area (Å²) in [6.45, 7) is 0.595. The lowest BCUT2D eigenvalue weighted by Crippen LogP contribution is -2.02. The monoisotopic (exact) mass is 232 g/mol. The molecule has 0 spiro atoms. The quantitative estimate of drug-likeness (QED) is 0.794. The van der Waals surface area contributed by atoms with E-state index in [0.29, 0.717) is 18.4 Å². The van der Waals surface area contributed by atoms with Crippen molar-refractivity contribution >= 4 is 11.8 Å². The zero-order valence-electron chi connectivity index (χ0n) is 9.28. The van der Waals surface area contributed by atoms with E-state index in [1.165, 1.54) is 23.3 Å². The molecule has 1 saturated carbocycles. The molecule has 3 heteroatoms. The molecule has 0 heterocycles. The van der Waals surface area contributed by atoms with Gasteiger partial charge in [0.1, 0.15) is 0 Å². The maximum absolute atomic E-state index is 8.75. The Morgan fingerprint density at radius 2 is 2.25 bits per heavy atom. The fraction of sp³-hybridized carbons (Fsp3) is 0.462. The van der Waals surface area contributed by atoms with Crippen LogP contribution in [0, 0.1) is 16.7 Å². The Morgan fingerprint density at radius 3 is 2.88 bits per heavy atom. The number of hydrogen-bond donors (Lipinski definition) is 1. The summed E-state index contributed by atoms with van der Waals surface area (Å²) in [6, 6.07) is 10.7. The van der Waals surface area contributed by atoms with Gasteiger partial charge in [0.05, 0.1) is 6.07 Å². The molecule has 1 aromatic carbocycles. The molecule has 0 atom stereocenters. The average Bonchev–Trinajstić information content (AvgIpc) is 3.08. The molecule has 2 N–H and O–H groups in total. The SMILES string of the molecule is N#CCC1(CSc2cccc(CN)c2)CC1. The Kier molecular flexibility index (Phi) is 3.52. The molecular formula is C13H16N2S. The number of nitriles is 1. The normalized spacial score (nSPS) is 16.8. The van der Waals surface area contributed by atoms with Gasteiger partial charge in [0.15, 0.2) is 0 Å². The maximum Gasteiger partial charge on any atom is 0.0627 e. The Hall–Kier alpha value is -0.980. The van der Waals surface area contributed by atoms with Crippen molar-refractivity contribution in [2.24, 2.45) is 11.1 Å². The molecule has 1 fully saturated rings. The van der Waals surface area contributed by atoms with Crippen molar-refractivity contribution in [3.05, 3.63) is 29.8 Å². The van der Waals surface area contributed by atoms with Crippen molar-refractivity contribution in [3.8, 4) is 6.07 Å². The van der Waals surface area contributed by atoms with E-state index in [-0.39, 0.29) is 0 Å². The minimum absolute atomic E-state index is 0.318. The minimum Gasteiger partial charge on any atom is -0.326 e. The lowest BCUT2D eigenvalue weighted by molar-refractivity contribution is 0.604. The molecule has 1 aliphatic rings. The molecule has 0 bridgehead atoms. The summed E-state index contributed by atoms with van der Waals surface area (Å²) >= 11 is 1.85. The van der Waals surface area contributed by atoms with E-state index in [1.807, 2.05) is 23.9 Å². The van der Waals surface area contributed by atoms with Gasteiger partial charge in [-0.3, -0.25) is 0 Å². The summed E-state index contributed by atoms with van der Waals surface area (Å²) in [5, 5.41) is 8.75. The number of thioether (sulfide) groups is 1. The molecule has 0 aromatic heterocycles. The van der Waals surface area contributed by atoms with Crippen molar-refractivity contribution in [1.82, 2.24) is 0 Å². The lowest BCUT2D eigenvalue weighted by Gasteiger charge is -2.10. The zero-order valence-corrected chi connectivity index (χ0v) is 10.1. The molecule has 0 aliphatic heterocycles. The maximum atomic E-state index is 8.75. The third kappa shape index (κ3) is 2.78. The number of hydrogen-bond acceptors (Lipinski definition) is 3. The van der Waals surface area contributed by atoms with E-state index in [1.54, 1.807) is 0 Å². The summed E-state index contributed by atoms with van der Waals surface area (Å²) in [4.78, 5) is 1.27. The largest absolute Gasteiger partial charge is 0.326 e. The second-order valence-electron chi connectivity index (χ2n) is 4.48. The molecule has 0 radical (unpaired) electrons. The summed E-state index contributed by atoms with van der Waals surface area (Å²) in [7, 11) is 0. The fourth-order valence-electron chi connectivity index (χ4n) is 1.72. The standard InChI is InChI=1S/C13H16N2S/c14-7-6-13(4-5-13)10-16-12-3-1-2-11(8-12)9-15/h1-3,8H,4-6,9-10,15H2. The lowest BCUT2D eigenvalue weighted by atomic mass is 10.1. The first-order valence-electron chi connectivity index (χ1n) is 5.57. The average molecular weight is 232 g/mol. The molecule has 2 nitrogen and oxygen atoms in total. The highest BCUT2D eigenvalue weighted by atomic mass is 32.2. The van der Waals surface area contributed by atoms with E-state index in [9.17, 15) is 0 Å². The number of nitrogens with zero attached hydrogens (tertiary/aromatic N) is 1. The second-order valence-corrected chi connectivity index (χ2v) is 5.52. The number of rotatable bonds is 5. The Labute approximate surface area is 101 Å². The van der Waals surface area contributed by atoms with Crippen molar-refractivity contribution in [3.63, 3.8) is 0 Å². The number of nitrogens with two attached hydrogens (primary N) is 1.